The molecule has 1 N–H and O–H groups in total. The van der Waals surface area contributed by atoms with Crippen LogP contribution >= 0.6 is 0 Å². The summed E-state index contributed by atoms with van der Waals surface area (Å²) < 4.78 is 0. The number of aromatic nitrogens is 2. The molecule has 1 aromatic rings. The first kappa shape index (κ1) is 15.2. The second-order valence-corrected chi connectivity index (χ2v) is 5.75. The number of aryl methyl sites for hydroxylation is 1. The Labute approximate surface area is 123 Å². The van der Waals surface area contributed by atoms with E-state index in [4.69, 9.17) is 4.98 Å². The summed E-state index contributed by atoms with van der Waals surface area (Å²) in [5, 5.41) is 3.33. The maximum absolute atomic E-state index is 4.72. The molecular formula is C16H28N4. The van der Waals surface area contributed by atoms with Gasteiger partial charge in [0.2, 0.25) is 5.95 Å². The van der Waals surface area contributed by atoms with Gasteiger partial charge < -0.3 is 10.2 Å². The van der Waals surface area contributed by atoms with E-state index in [-0.39, 0.29) is 0 Å². The summed E-state index contributed by atoms with van der Waals surface area (Å²) in [6, 6.07) is 0. The van der Waals surface area contributed by atoms with Crippen LogP contribution in [0.1, 0.15) is 50.8 Å². The van der Waals surface area contributed by atoms with Crippen LogP contribution in [-0.4, -0.2) is 29.6 Å². The van der Waals surface area contributed by atoms with Crippen molar-refractivity contribution in [2.45, 2.75) is 53.0 Å². The molecule has 0 radical (unpaired) electrons. The maximum atomic E-state index is 4.72. The SMILES string of the molecule is CCNCc1cnc(N2CCCC(CC)CC2)nc1C. The van der Waals surface area contributed by atoms with Crippen molar-refractivity contribution < 1.29 is 0 Å². The minimum atomic E-state index is 0.862. The molecule has 4 heteroatoms. The van der Waals surface area contributed by atoms with Crippen molar-refractivity contribution in [1.29, 1.82) is 0 Å². The van der Waals surface area contributed by atoms with Crippen LogP contribution in [0.25, 0.3) is 0 Å². The highest BCUT2D eigenvalue weighted by atomic mass is 15.2. The third kappa shape index (κ3) is 3.92. The van der Waals surface area contributed by atoms with Gasteiger partial charge in [-0.3, -0.25) is 0 Å². The summed E-state index contributed by atoms with van der Waals surface area (Å²) in [5.41, 5.74) is 2.31. The van der Waals surface area contributed by atoms with Crippen molar-refractivity contribution in [1.82, 2.24) is 15.3 Å². The molecular weight excluding hydrogens is 248 g/mol. The van der Waals surface area contributed by atoms with Crippen LogP contribution in [0.5, 0.6) is 0 Å². The van der Waals surface area contributed by atoms with E-state index in [9.17, 15) is 0 Å². The molecule has 0 aliphatic carbocycles. The fraction of sp³-hybridized carbons (Fsp3) is 0.750. The standard InChI is InChI=1S/C16H28N4/c1-4-14-7-6-9-20(10-8-14)16-18-12-15(11-17-5-2)13(3)19-16/h12,14,17H,4-11H2,1-3H3. The van der Waals surface area contributed by atoms with Crippen LogP contribution in [0.15, 0.2) is 6.20 Å². The highest BCUT2D eigenvalue weighted by Gasteiger charge is 2.18. The molecule has 0 spiro atoms. The second kappa shape index (κ2) is 7.58. The van der Waals surface area contributed by atoms with Crippen molar-refractivity contribution in [3.63, 3.8) is 0 Å². The Morgan fingerprint density at radius 1 is 1.30 bits per heavy atom. The predicted octanol–water partition coefficient (Wildman–Crippen LogP) is 2.91. The van der Waals surface area contributed by atoms with Gasteiger partial charge in [0, 0.05) is 37.1 Å². The Morgan fingerprint density at radius 3 is 2.85 bits per heavy atom. The summed E-state index contributed by atoms with van der Waals surface area (Å²) in [7, 11) is 0. The van der Waals surface area contributed by atoms with Gasteiger partial charge in [0.15, 0.2) is 0 Å². The third-order valence-electron chi connectivity index (χ3n) is 4.34. The molecule has 4 nitrogen and oxygen atoms in total. The Hall–Kier alpha value is -1.16. The first-order valence-corrected chi connectivity index (χ1v) is 8.02. The van der Waals surface area contributed by atoms with Gasteiger partial charge in [0.05, 0.1) is 0 Å². The molecule has 1 aromatic heterocycles. The van der Waals surface area contributed by atoms with Gasteiger partial charge >= 0.3 is 0 Å². The molecule has 2 heterocycles. The quantitative estimate of drug-likeness (QED) is 0.898. The van der Waals surface area contributed by atoms with Crippen molar-refractivity contribution in [3.05, 3.63) is 17.5 Å². The van der Waals surface area contributed by atoms with Crippen LogP contribution in [0, 0.1) is 12.8 Å². The molecule has 0 amide bonds. The van der Waals surface area contributed by atoms with E-state index in [1.807, 2.05) is 6.20 Å². The first-order valence-electron chi connectivity index (χ1n) is 8.02. The van der Waals surface area contributed by atoms with E-state index in [2.05, 4.69) is 36.0 Å². The maximum Gasteiger partial charge on any atom is 0.225 e. The van der Waals surface area contributed by atoms with E-state index >= 15 is 0 Å². The number of hydrogen-bond acceptors (Lipinski definition) is 4. The van der Waals surface area contributed by atoms with E-state index < -0.39 is 0 Å². The molecule has 20 heavy (non-hydrogen) atoms. The topological polar surface area (TPSA) is 41.1 Å². The Kier molecular flexibility index (Phi) is 5.77. The molecule has 2 rings (SSSR count). The van der Waals surface area contributed by atoms with Gasteiger partial charge in [-0.2, -0.15) is 0 Å². The zero-order valence-corrected chi connectivity index (χ0v) is 13.2. The summed E-state index contributed by atoms with van der Waals surface area (Å²) in [6.45, 7) is 10.5. The molecule has 1 aliphatic rings. The number of nitrogens with one attached hydrogen (secondary N) is 1. The van der Waals surface area contributed by atoms with Crippen molar-refractivity contribution >= 4 is 5.95 Å². The highest BCUT2D eigenvalue weighted by molar-refractivity contribution is 5.33. The van der Waals surface area contributed by atoms with Gasteiger partial charge in [-0.25, -0.2) is 9.97 Å². The molecule has 1 fully saturated rings. The van der Waals surface area contributed by atoms with E-state index in [1.165, 1.54) is 31.2 Å². The van der Waals surface area contributed by atoms with Crippen LogP contribution < -0.4 is 10.2 Å². The third-order valence-corrected chi connectivity index (χ3v) is 4.34. The number of anilines is 1. The smallest absolute Gasteiger partial charge is 0.225 e. The van der Waals surface area contributed by atoms with Gasteiger partial charge in [-0.05, 0) is 38.6 Å². The monoisotopic (exact) mass is 276 g/mol. The van der Waals surface area contributed by atoms with Crippen molar-refractivity contribution in [2.24, 2.45) is 5.92 Å². The lowest BCUT2D eigenvalue weighted by Gasteiger charge is -2.21. The molecule has 0 saturated carbocycles. The van der Waals surface area contributed by atoms with Crippen LogP contribution in [-0.2, 0) is 6.54 Å². The number of rotatable bonds is 5. The van der Waals surface area contributed by atoms with E-state index in [1.54, 1.807) is 0 Å². The predicted molar refractivity (Wildman–Crippen MR) is 84.0 cm³/mol. The van der Waals surface area contributed by atoms with Crippen LogP contribution in [0.4, 0.5) is 5.95 Å². The first-order chi connectivity index (χ1) is 9.74. The highest BCUT2D eigenvalue weighted by Crippen LogP contribution is 2.22. The van der Waals surface area contributed by atoms with Gasteiger partial charge in [-0.15, -0.1) is 0 Å². The Balaban J connectivity index is 2.03. The number of hydrogen-bond donors (Lipinski definition) is 1. The molecule has 1 atom stereocenters. The number of nitrogens with zero attached hydrogens (tertiary/aromatic N) is 3. The van der Waals surface area contributed by atoms with Gasteiger partial charge in [0.25, 0.3) is 0 Å². The van der Waals surface area contributed by atoms with Crippen molar-refractivity contribution in [2.75, 3.05) is 24.5 Å². The normalized spacial score (nSPS) is 19.9. The largest absolute Gasteiger partial charge is 0.341 e. The lowest BCUT2D eigenvalue weighted by atomic mass is 9.98. The molecule has 1 saturated heterocycles. The molecule has 1 aliphatic heterocycles. The zero-order valence-electron chi connectivity index (χ0n) is 13.2. The average molecular weight is 276 g/mol. The van der Waals surface area contributed by atoms with Crippen molar-refractivity contribution in [3.8, 4) is 0 Å². The zero-order chi connectivity index (χ0) is 14.4. The van der Waals surface area contributed by atoms with E-state index in [0.29, 0.717) is 0 Å². The lowest BCUT2D eigenvalue weighted by molar-refractivity contribution is 0.459. The molecule has 1 unspecified atom stereocenters. The van der Waals surface area contributed by atoms with Gasteiger partial charge in [-0.1, -0.05) is 20.3 Å². The molecule has 0 aromatic carbocycles. The Morgan fingerprint density at radius 2 is 2.15 bits per heavy atom. The molecule has 0 bridgehead atoms. The summed E-state index contributed by atoms with van der Waals surface area (Å²) >= 11 is 0. The fourth-order valence-electron chi connectivity index (χ4n) is 2.84. The summed E-state index contributed by atoms with van der Waals surface area (Å²) in [5.74, 6) is 1.80. The second-order valence-electron chi connectivity index (χ2n) is 5.75. The summed E-state index contributed by atoms with van der Waals surface area (Å²) in [4.78, 5) is 11.7. The molecule has 112 valence electrons. The van der Waals surface area contributed by atoms with E-state index in [0.717, 1.165) is 43.7 Å². The van der Waals surface area contributed by atoms with Crippen LogP contribution in [0.2, 0.25) is 0 Å². The van der Waals surface area contributed by atoms with Crippen LogP contribution in [0.3, 0.4) is 0 Å². The summed E-state index contributed by atoms with van der Waals surface area (Å²) in [6.07, 6.45) is 7.18. The fourth-order valence-corrected chi connectivity index (χ4v) is 2.84. The minimum Gasteiger partial charge on any atom is -0.341 e. The Bertz CT molecular complexity index is 419. The van der Waals surface area contributed by atoms with Gasteiger partial charge in [0.1, 0.15) is 0 Å². The minimum absolute atomic E-state index is 0.862. The average Bonchev–Trinajstić information content (AvgIpc) is 2.71. The lowest BCUT2D eigenvalue weighted by Crippen LogP contribution is -2.27.